The predicted octanol–water partition coefficient (Wildman–Crippen LogP) is 5.45. The summed E-state index contributed by atoms with van der Waals surface area (Å²) in [5.41, 5.74) is 5.62. The van der Waals surface area contributed by atoms with Gasteiger partial charge < -0.3 is 9.42 Å². The molecule has 2 aromatic carbocycles. The molecule has 0 radical (unpaired) electrons. The highest BCUT2D eigenvalue weighted by atomic mass is 16.5. The quantitative estimate of drug-likeness (QED) is 0.501. The summed E-state index contributed by atoms with van der Waals surface area (Å²) >= 11 is 0. The van der Waals surface area contributed by atoms with Gasteiger partial charge in [-0.25, -0.2) is 0 Å². The highest BCUT2D eigenvalue weighted by Crippen LogP contribution is 2.36. The fourth-order valence-corrected chi connectivity index (χ4v) is 3.27. The second-order valence-corrected chi connectivity index (χ2v) is 5.94. The minimum Gasteiger partial charge on any atom is -0.372 e. The third-order valence-corrected chi connectivity index (χ3v) is 4.62. The van der Waals surface area contributed by atoms with Gasteiger partial charge in [0.25, 0.3) is 0 Å². The van der Waals surface area contributed by atoms with E-state index in [1.807, 2.05) is 18.2 Å². The van der Waals surface area contributed by atoms with Crippen LogP contribution in [-0.2, 0) is 0 Å². The third kappa shape index (κ3) is 2.42. The lowest BCUT2D eigenvalue weighted by atomic mass is 10.1. The van der Waals surface area contributed by atoms with Gasteiger partial charge in [0.1, 0.15) is 5.52 Å². The Morgan fingerprint density at radius 3 is 2.38 bits per heavy atom. The summed E-state index contributed by atoms with van der Waals surface area (Å²) in [5, 5.41) is 5.32. The van der Waals surface area contributed by atoms with Crippen LogP contribution in [0.5, 0.6) is 0 Å². The summed E-state index contributed by atoms with van der Waals surface area (Å²) in [6.07, 6.45) is 0. The van der Waals surface area contributed by atoms with Crippen LogP contribution in [0, 0.1) is 0 Å². The molecule has 0 amide bonds. The predicted molar refractivity (Wildman–Crippen MR) is 99.6 cm³/mol. The van der Waals surface area contributed by atoms with Crippen molar-refractivity contribution in [3.05, 3.63) is 60.7 Å². The monoisotopic (exact) mass is 316 g/mol. The molecule has 0 saturated carbocycles. The Morgan fingerprint density at radius 2 is 1.62 bits per heavy atom. The van der Waals surface area contributed by atoms with Gasteiger partial charge in [-0.05, 0) is 55.3 Å². The van der Waals surface area contributed by atoms with Gasteiger partial charge in [-0.3, -0.25) is 0 Å². The molecule has 4 rings (SSSR count). The lowest BCUT2D eigenvalue weighted by molar-refractivity contribution is 0.427. The molecule has 120 valence electrons. The van der Waals surface area contributed by atoms with Crippen LogP contribution in [0.1, 0.15) is 13.8 Å². The molecule has 2 aromatic rings. The summed E-state index contributed by atoms with van der Waals surface area (Å²) in [6.45, 7) is 6.40. The van der Waals surface area contributed by atoms with E-state index in [9.17, 15) is 0 Å². The minimum absolute atomic E-state index is 0.830. The molecule has 2 aliphatic rings. The van der Waals surface area contributed by atoms with E-state index in [0.717, 1.165) is 40.9 Å². The van der Waals surface area contributed by atoms with Crippen LogP contribution < -0.4 is 4.90 Å². The molecule has 1 aliphatic carbocycles. The van der Waals surface area contributed by atoms with Crippen molar-refractivity contribution >= 4 is 16.6 Å². The first-order chi connectivity index (χ1) is 11.8. The van der Waals surface area contributed by atoms with Gasteiger partial charge in [0.05, 0.1) is 0 Å². The van der Waals surface area contributed by atoms with Crippen LogP contribution in [0.2, 0.25) is 0 Å². The van der Waals surface area contributed by atoms with Crippen LogP contribution in [-0.4, -0.2) is 18.2 Å². The number of hydrogen-bond acceptors (Lipinski definition) is 3. The number of aromatic nitrogens is 1. The number of anilines is 1. The van der Waals surface area contributed by atoms with Crippen LogP contribution in [0.4, 0.5) is 5.69 Å². The van der Waals surface area contributed by atoms with E-state index in [1.165, 1.54) is 11.3 Å². The maximum absolute atomic E-state index is 5.57. The third-order valence-electron chi connectivity index (χ3n) is 4.62. The molecule has 0 fully saturated rings. The summed E-state index contributed by atoms with van der Waals surface area (Å²) in [5.74, 6) is 0.830. The van der Waals surface area contributed by atoms with Crippen molar-refractivity contribution in [1.82, 2.24) is 5.16 Å². The summed E-state index contributed by atoms with van der Waals surface area (Å²) in [4.78, 5) is 2.35. The van der Waals surface area contributed by atoms with Gasteiger partial charge in [0, 0.05) is 29.7 Å². The van der Waals surface area contributed by atoms with E-state index in [0.29, 0.717) is 0 Å². The Balaban J connectivity index is 1.77. The molecule has 1 aliphatic heterocycles. The molecule has 24 heavy (non-hydrogen) atoms. The smallest absolute Gasteiger partial charge is 0.166 e. The SMILES string of the molecule is CCN(CC)c1ccc(-c2cc3onc4ccccc4c-3c2)cc1. The van der Waals surface area contributed by atoms with Gasteiger partial charge in [-0.2, -0.15) is 0 Å². The first-order valence-corrected chi connectivity index (χ1v) is 8.43. The van der Waals surface area contributed by atoms with E-state index in [1.54, 1.807) is 0 Å². The molecular weight excluding hydrogens is 296 g/mol. The molecule has 0 bridgehead atoms. The van der Waals surface area contributed by atoms with E-state index < -0.39 is 0 Å². The zero-order chi connectivity index (χ0) is 16.5. The molecular formula is C21H20N2O. The number of benzene rings is 2. The number of hydrogen-bond donors (Lipinski definition) is 0. The van der Waals surface area contributed by atoms with E-state index >= 15 is 0 Å². The Hall–Kier alpha value is -2.81. The Labute approximate surface area is 141 Å². The second-order valence-electron chi connectivity index (χ2n) is 5.94. The van der Waals surface area contributed by atoms with Crippen LogP contribution in [0.15, 0.2) is 65.2 Å². The van der Waals surface area contributed by atoms with Crippen LogP contribution in [0.25, 0.3) is 33.4 Å². The number of nitrogens with zero attached hydrogens (tertiary/aromatic N) is 2. The Morgan fingerprint density at radius 1 is 0.875 bits per heavy atom. The minimum atomic E-state index is 0.830. The van der Waals surface area contributed by atoms with Crippen molar-refractivity contribution in [1.29, 1.82) is 0 Å². The Kier molecular flexibility index (Phi) is 3.69. The van der Waals surface area contributed by atoms with Gasteiger partial charge in [-0.15, -0.1) is 0 Å². The van der Waals surface area contributed by atoms with E-state index in [4.69, 9.17) is 4.52 Å². The van der Waals surface area contributed by atoms with Crippen molar-refractivity contribution in [2.24, 2.45) is 0 Å². The standard InChI is InChI=1S/C21H20N2O/c1-3-23(4-2)17-11-9-15(10-12-17)16-13-19-18-7-5-6-8-20(18)22-24-21(19)14-16/h5-14H,3-4H2,1-2H3. The lowest BCUT2D eigenvalue weighted by Gasteiger charge is -2.21. The van der Waals surface area contributed by atoms with Gasteiger partial charge in [0.2, 0.25) is 0 Å². The Bertz CT molecular complexity index is 936. The van der Waals surface area contributed by atoms with Gasteiger partial charge in [-0.1, -0.05) is 35.5 Å². The molecule has 0 saturated heterocycles. The maximum atomic E-state index is 5.57. The average molecular weight is 316 g/mol. The summed E-state index contributed by atoms with van der Waals surface area (Å²) in [6, 6.07) is 21.1. The highest BCUT2D eigenvalue weighted by Gasteiger charge is 2.15. The van der Waals surface area contributed by atoms with Gasteiger partial charge in [0.15, 0.2) is 5.76 Å². The number of fused-ring (bicyclic) bond motifs is 3. The van der Waals surface area contributed by atoms with Crippen molar-refractivity contribution < 1.29 is 4.52 Å². The fourth-order valence-electron chi connectivity index (χ4n) is 3.27. The lowest BCUT2D eigenvalue weighted by Crippen LogP contribution is -2.21. The highest BCUT2D eigenvalue weighted by molar-refractivity contribution is 5.96. The molecule has 3 heteroatoms. The molecule has 0 N–H and O–H groups in total. The normalized spacial score (nSPS) is 11.2. The van der Waals surface area contributed by atoms with Crippen molar-refractivity contribution in [2.75, 3.05) is 18.0 Å². The zero-order valence-corrected chi connectivity index (χ0v) is 14.0. The van der Waals surface area contributed by atoms with Crippen molar-refractivity contribution in [3.63, 3.8) is 0 Å². The first-order valence-electron chi connectivity index (χ1n) is 8.43. The average Bonchev–Trinajstić information content (AvgIpc) is 3.08. The van der Waals surface area contributed by atoms with Crippen LogP contribution >= 0.6 is 0 Å². The molecule has 0 aromatic heterocycles. The first kappa shape index (κ1) is 14.8. The number of rotatable bonds is 4. The summed E-state index contributed by atoms with van der Waals surface area (Å²) < 4.78 is 5.57. The van der Waals surface area contributed by atoms with Crippen molar-refractivity contribution in [2.45, 2.75) is 13.8 Å². The molecule has 0 atom stereocenters. The molecule has 0 spiro atoms. The van der Waals surface area contributed by atoms with E-state index in [2.05, 4.69) is 66.4 Å². The van der Waals surface area contributed by atoms with E-state index in [-0.39, 0.29) is 0 Å². The summed E-state index contributed by atoms with van der Waals surface area (Å²) in [7, 11) is 0. The van der Waals surface area contributed by atoms with Crippen molar-refractivity contribution in [3.8, 4) is 22.5 Å². The zero-order valence-electron chi connectivity index (χ0n) is 14.0. The van der Waals surface area contributed by atoms with Crippen LogP contribution in [0.3, 0.4) is 0 Å². The molecule has 3 nitrogen and oxygen atoms in total. The molecule has 1 heterocycles. The van der Waals surface area contributed by atoms with Gasteiger partial charge >= 0.3 is 0 Å². The fraction of sp³-hybridized carbons (Fsp3) is 0.190. The maximum Gasteiger partial charge on any atom is 0.166 e. The molecule has 0 unspecified atom stereocenters. The second kappa shape index (κ2) is 6.00. The topological polar surface area (TPSA) is 29.3 Å². The largest absolute Gasteiger partial charge is 0.372 e.